The van der Waals surface area contributed by atoms with E-state index < -0.39 is 6.10 Å². The molecule has 0 amide bonds. The summed E-state index contributed by atoms with van der Waals surface area (Å²) >= 11 is 0. The Kier molecular flexibility index (Phi) is 4.95. The van der Waals surface area contributed by atoms with Gasteiger partial charge in [-0.15, -0.1) is 0 Å². The van der Waals surface area contributed by atoms with Crippen LogP contribution in [0.25, 0.3) is 28.0 Å². The van der Waals surface area contributed by atoms with Crippen LogP contribution in [0.15, 0.2) is 43.2 Å². The number of aliphatic hydroxyl groups excluding tert-OH is 1. The van der Waals surface area contributed by atoms with E-state index in [2.05, 4.69) is 29.1 Å². The summed E-state index contributed by atoms with van der Waals surface area (Å²) in [6.45, 7) is 6.71. The van der Waals surface area contributed by atoms with Gasteiger partial charge < -0.3 is 5.11 Å². The minimum Gasteiger partial charge on any atom is -0.391 e. The van der Waals surface area contributed by atoms with Crippen molar-refractivity contribution in [1.82, 2.24) is 34.2 Å². The van der Waals surface area contributed by atoms with E-state index in [0.29, 0.717) is 19.0 Å². The molecule has 0 aromatic carbocycles. The van der Waals surface area contributed by atoms with Gasteiger partial charge >= 0.3 is 0 Å². The smallest absolute Gasteiger partial charge is 0.0999 e. The van der Waals surface area contributed by atoms with Crippen LogP contribution in [-0.2, 0) is 6.54 Å². The predicted molar refractivity (Wildman–Crippen MR) is 107 cm³/mol. The summed E-state index contributed by atoms with van der Waals surface area (Å²) < 4.78 is 5.55. The molecule has 1 N–H and O–H groups in total. The third-order valence-corrected chi connectivity index (χ3v) is 5.11. The van der Waals surface area contributed by atoms with Crippen LogP contribution >= 0.6 is 0 Å². The predicted octanol–water partition coefficient (Wildman–Crippen LogP) is 3.20. The van der Waals surface area contributed by atoms with E-state index in [1.807, 2.05) is 47.0 Å². The lowest BCUT2D eigenvalue weighted by molar-refractivity contribution is 0.145. The van der Waals surface area contributed by atoms with Crippen LogP contribution < -0.4 is 0 Å². The Balaban J connectivity index is 1.74. The van der Waals surface area contributed by atoms with Crippen molar-refractivity contribution in [2.24, 2.45) is 0 Å². The Morgan fingerprint density at radius 1 is 1.00 bits per heavy atom. The molecule has 4 rings (SSSR count). The second-order valence-corrected chi connectivity index (χ2v) is 7.12. The number of aromatic nitrogens is 7. The van der Waals surface area contributed by atoms with Crippen molar-refractivity contribution in [3.63, 3.8) is 0 Å². The maximum absolute atomic E-state index is 9.87. The van der Waals surface area contributed by atoms with Crippen molar-refractivity contribution in [1.29, 1.82) is 0 Å². The van der Waals surface area contributed by atoms with E-state index in [0.717, 1.165) is 34.5 Å². The first-order valence-electron chi connectivity index (χ1n) is 9.68. The molecular weight excluding hydrogens is 354 g/mol. The highest BCUT2D eigenvalue weighted by molar-refractivity contribution is 5.78. The Morgan fingerprint density at radius 3 is 2.61 bits per heavy atom. The molecule has 0 radical (unpaired) electrons. The number of rotatable bonds is 7. The standard InChI is InChI=1S/C20H25N7O/c1-4-14(3)26-11-16(9-23-26)20-19-6-7-21-27(19)13-18(24-20)15-8-22-25(10-15)12-17(28)5-2/h6-11,13-14,17,28H,4-5,12H2,1-3H3/t14-,17-/m0/s1. The van der Waals surface area contributed by atoms with E-state index in [9.17, 15) is 5.11 Å². The van der Waals surface area contributed by atoms with Gasteiger partial charge in [0.05, 0.1) is 54.3 Å². The van der Waals surface area contributed by atoms with Gasteiger partial charge in [-0.2, -0.15) is 15.3 Å². The first-order chi connectivity index (χ1) is 13.6. The lowest BCUT2D eigenvalue weighted by Gasteiger charge is -2.08. The molecule has 0 bridgehead atoms. The van der Waals surface area contributed by atoms with Gasteiger partial charge in [-0.25, -0.2) is 9.50 Å². The Hall–Kier alpha value is -3.00. The van der Waals surface area contributed by atoms with Crippen LogP contribution in [0, 0.1) is 0 Å². The van der Waals surface area contributed by atoms with E-state index in [1.165, 1.54) is 0 Å². The molecule has 146 valence electrons. The van der Waals surface area contributed by atoms with E-state index >= 15 is 0 Å². The first-order valence-corrected chi connectivity index (χ1v) is 9.68. The minimum atomic E-state index is -0.406. The van der Waals surface area contributed by atoms with Crippen molar-refractivity contribution in [2.75, 3.05) is 0 Å². The molecule has 0 fully saturated rings. The molecule has 8 heteroatoms. The van der Waals surface area contributed by atoms with Crippen molar-refractivity contribution in [3.8, 4) is 22.5 Å². The van der Waals surface area contributed by atoms with Gasteiger partial charge in [0.2, 0.25) is 0 Å². The SMILES string of the molecule is CC[C@H](O)Cn1cc(-c2cn3nccc3c(-c3cnn([C@@H](C)CC)c3)n2)cn1. The third-order valence-electron chi connectivity index (χ3n) is 5.11. The number of hydrogen-bond donors (Lipinski definition) is 1. The number of hydrogen-bond acceptors (Lipinski definition) is 5. The van der Waals surface area contributed by atoms with Crippen LogP contribution in [0.4, 0.5) is 0 Å². The zero-order valence-electron chi connectivity index (χ0n) is 16.4. The molecule has 2 atom stereocenters. The second-order valence-electron chi connectivity index (χ2n) is 7.12. The van der Waals surface area contributed by atoms with E-state index in [4.69, 9.17) is 4.98 Å². The van der Waals surface area contributed by atoms with Crippen LogP contribution in [-0.4, -0.2) is 45.4 Å². The number of fused-ring (bicyclic) bond motifs is 1. The Morgan fingerprint density at radius 2 is 1.82 bits per heavy atom. The molecule has 4 aromatic heterocycles. The van der Waals surface area contributed by atoms with Crippen LogP contribution in [0.5, 0.6) is 0 Å². The maximum Gasteiger partial charge on any atom is 0.0999 e. The third kappa shape index (κ3) is 3.43. The molecule has 28 heavy (non-hydrogen) atoms. The molecule has 4 aromatic rings. The largest absolute Gasteiger partial charge is 0.391 e. The monoisotopic (exact) mass is 379 g/mol. The van der Waals surface area contributed by atoms with Crippen molar-refractivity contribution >= 4 is 5.52 Å². The van der Waals surface area contributed by atoms with Gasteiger partial charge in [-0.1, -0.05) is 13.8 Å². The summed E-state index contributed by atoms with van der Waals surface area (Å²) in [5, 5.41) is 23.1. The number of aliphatic hydroxyl groups is 1. The van der Waals surface area contributed by atoms with Crippen molar-refractivity contribution in [2.45, 2.75) is 52.3 Å². The van der Waals surface area contributed by atoms with Crippen molar-refractivity contribution < 1.29 is 5.11 Å². The molecule has 0 unspecified atom stereocenters. The van der Waals surface area contributed by atoms with E-state index in [-0.39, 0.29) is 0 Å². The van der Waals surface area contributed by atoms with Gasteiger partial charge in [0.1, 0.15) is 0 Å². The number of nitrogens with zero attached hydrogens (tertiary/aromatic N) is 7. The summed E-state index contributed by atoms with van der Waals surface area (Å²) in [5.74, 6) is 0. The average Bonchev–Trinajstić information content (AvgIpc) is 3.46. The molecule has 8 nitrogen and oxygen atoms in total. The van der Waals surface area contributed by atoms with Gasteiger partial charge in [-0.3, -0.25) is 9.36 Å². The van der Waals surface area contributed by atoms with Crippen LogP contribution in [0.1, 0.15) is 39.7 Å². The second kappa shape index (κ2) is 7.55. The summed E-state index contributed by atoms with van der Waals surface area (Å²) in [4.78, 5) is 4.89. The lowest BCUT2D eigenvalue weighted by atomic mass is 10.2. The molecule has 0 saturated carbocycles. The molecule has 0 aliphatic carbocycles. The van der Waals surface area contributed by atoms with Crippen LogP contribution in [0.2, 0.25) is 0 Å². The summed E-state index contributed by atoms with van der Waals surface area (Å²) in [6.07, 6.45) is 12.5. The minimum absolute atomic E-state index is 0.334. The Bertz CT molecular complexity index is 1080. The molecule has 0 aliphatic rings. The zero-order valence-corrected chi connectivity index (χ0v) is 16.4. The van der Waals surface area contributed by atoms with Gasteiger partial charge in [-0.05, 0) is 25.8 Å². The molecule has 4 heterocycles. The first kappa shape index (κ1) is 18.4. The molecule has 0 saturated heterocycles. The quantitative estimate of drug-likeness (QED) is 0.533. The van der Waals surface area contributed by atoms with Gasteiger partial charge in [0.25, 0.3) is 0 Å². The fourth-order valence-electron chi connectivity index (χ4n) is 3.11. The fraction of sp³-hybridized carbons (Fsp3) is 0.400. The fourth-order valence-corrected chi connectivity index (χ4v) is 3.11. The molecule has 0 spiro atoms. The zero-order chi connectivity index (χ0) is 19.7. The van der Waals surface area contributed by atoms with Gasteiger partial charge in [0.15, 0.2) is 0 Å². The highest BCUT2D eigenvalue weighted by Gasteiger charge is 2.15. The van der Waals surface area contributed by atoms with Gasteiger partial charge in [0, 0.05) is 29.6 Å². The normalized spacial score (nSPS) is 13.9. The van der Waals surface area contributed by atoms with Crippen LogP contribution in [0.3, 0.4) is 0 Å². The molecular formula is C20H25N7O. The highest BCUT2D eigenvalue weighted by Crippen LogP contribution is 2.27. The Labute approximate surface area is 163 Å². The average molecular weight is 379 g/mol. The lowest BCUT2D eigenvalue weighted by Crippen LogP contribution is -2.14. The van der Waals surface area contributed by atoms with Crippen molar-refractivity contribution in [3.05, 3.63) is 43.2 Å². The summed E-state index contributed by atoms with van der Waals surface area (Å²) in [6, 6.07) is 2.29. The molecule has 0 aliphatic heterocycles. The summed E-state index contributed by atoms with van der Waals surface area (Å²) in [7, 11) is 0. The highest BCUT2D eigenvalue weighted by atomic mass is 16.3. The topological polar surface area (TPSA) is 86.1 Å². The van der Waals surface area contributed by atoms with E-state index in [1.54, 1.807) is 17.1 Å². The maximum atomic E-state index is 9.87. The summed E-state index contributed by atoms with van der Waals surface area (Å²) in [5.41, 5.74) is 4.39.